The van der Waals surface area contributed by atoms with Gasteiger partial charge in [-0.25, -0.2) is 23.4 Å². The van der Waals surface area contributed by atoms with Crippen LogP contribution in [0.2, 0.25) is 0 Å². The molecule has 0 bridgehead atoms. The molecule has 9 nitrogen and oxygen atoms in total. The van der Waals surface area contributed by atoms with Crippen LogP contribution in [0.1, 0.15) is 17.4 Å². The monoisotopic (exact) mass is 419 g/mol. The fourth-order valence-corrected chi connectivity index (χ4v) is 5.75. The average Bonchev–Trinajstić information content (AvgIpc) is 3.13. The number of hydrogen-bond acceptors (Lipinski definition) is 10. The van der Waals surface area contributed by atoms with Crippen LogP contribution in [0.3, 0.4) is 0 Å². The van der Waals surface area contributed by atoms with Gasteiger partial charge in [0, 0.05) is 37.8 Å². The summed E-state index contributed by atoms with van der Waals surface area (Å²) in [4.78, 5) is 18.1. The third kappa shape index (κ3) is 3.80. The zero-order valence-electron chi connectivity index (χ0n) is 15.5. The zero-order valence-corrected chi connectivity index (χ0v) is 17.1. The molecule has 2 saturated heterocycles. The lowest BCUT2D eigenvalue weighted by Crippen LogP contribution is -2.59. The molecule has 0 amide bonds. The summed E-state index contributed by atoms with van der Waals surface area (Å²) in [6.45, 7) is 5.32. The van der Waals surface area contributed by atoms with Gasteiger partial charge in [-0.3, -0.25) is 4.90 Å². The first-order valence-corrected chi connectivity index (χ1v) is 11.8. The Hall–Kier alpha value is -2.29. The van der Waals surface area contributed by atoms with E-state index in [1.165, 1.54) is 11.3 Å². The van der Waals surface area contributed by atoms with Crippen molar-refractivity contribution in [3.8, 4) is 6.07 Å². The lowest BCUT2D eigenvalue weighted by atomic mass is 10.1. The van der Waals surface area contributed by atoms with Gasteiger partial charge >= 0.3 is 0 Å². The van der Waals surface area contributed by atoms with Crippen LogP contribution in [0, 0.1) is 11.3 Å². The smallest absolute Gasteiger partial charge is 0.189 e. The first kappa shape index (κ1) is 19.0. The molecule has 2 fully saturated rings. The molecule has 0 spiro atoms. The number of thiazole rings is 1. The van der Waals surface area contributed by atoms with Crippen molar-refractivity contribution in [3.05, 3.63) is 23.0 Å². The standard InChI is InChI=1S/C17H21N7O2S2/c1-2-14-15(22-17-19-8-13(7-18)27-17)20-11-21-16(14)24-5-3-23(4-6-24)12-9-28(25,26)10-12/h8,11-12H,2-6,9-10H2,1H3,(H,19,20,21,22). The van der Waals surface area contributed by atoms with E-state index >= 15 is 0 Å². The van der Waals surface area contributed by atoms with Crippen LogP contribution >= 0.6 is 11.3 Å². The van der Waals surface area contributed by atoms with E-state index in [0.717, 1.165) is 44.0 Å². The highest BCUT2D eigenvalue weighted by molar-refractivity contribution is 7.92. The van der Waals surface area contributed by atoms with Crippen molar-refractivity contribution >= 4 is 37.9 Å². The van der Waals surface area contributed by atoms with Gasteiger partial charge in [0.15, 0.2) is 15.0 Å². The van der Waals surface area contributed by atoms with Crippen molar-refractivity contribution in [2.75, 3.05) is 47.9 Å². The molecule has 1 N–H and O–H groups in total. The number of nitrogens with zero attached hydrogens (tertiary/aromatic N) is 6. The largest absolute Gasteiger partial charge is 0.354 e. The number of nitriles is 1. The molecule has 28 heavy (non-hydrogen) atoms. The Morgan fingerprint density at radius 1 is 1.25 bits per heavy atom. The molecule has 2 aliphatic heterocycles. The normalized spacial score (nSPS) is 19.8. The van der Waals surface area contributed by atoms with Crippen LogP contribution < -0.4 is 10.2 Å². The van der Waals surface area contributed by atoms with Gasteiger partial charge in [-0.05, 0) is 6.42 Å². The highest BCUT2D eigenvalue weighted by Crippen LogP contribution is 2.29. The van der Waals surface area contributed by atoms with E-state index in [1.54, 1.807) is 12.5 Å². The third-order valence-electron chi connectivity index (χ3n) is 5.14. The van der Waals surface area contributed by atoms with E-state index in [9.17, 15) is 8.42 Å². The maximum atomic E-state index is 11.4. The van der Waals surface area contributed by atoms with Gasteiger partial charge < -0.3 is 10.2 Å². The van der Waals surface area contributed by atoms with Gasteiger partial charge in [-0.2, -0.15) is 5.26 Å². The van der Waals surface area contributed by atoms with Gasteiger partial charge in [-0.1, -0.05) is 18.3 Å². The van der Waals surface area contributed by atoms with E-state index in [0.29, 0.717) is 15.8 Å². The van der Waals surface area contributed by atoms with Gasteiger partial charge in [0.1, 0.15) is 28.9 Å². The Balaban J connectivity index is 1.47. The number of aromatic nitrogens is 3. The molecule has 0 aliphatic carbocycles. The van der Waals surface area contributed by atoms with E-state index in [-0.39, 0.29) is 17.5 Å². The van der Waals surface area contributed by atoms with Gasteiger partial charge in [0.25, 0.3) is 0 Å². The summed E-state index contributed by atoms with van der Waals surface area (Å²) in [5.74, 6) is 2.18. The Morgan fingerprint density at radius 3 is 2.61 bits per heavy atom. The highest BCUT2D eigenvalue weighted by atomic mass is 32.2. The van der Waals surface area contributed by atoms with Crippen molar-refractivity contribution in [1.29, 1.82) is 5.26 Å². The second-order valence-corrected chi connectivity index (χ2v) is 10.1. The number of nitrogens with one attached hydrogen (secondary N) is 1. The Morgan fingerprint density at radius 2 is 2.00 bits per heavy atom. The van der Waals surface area contributed by atoms with Crippen LogP contribution in [-0.4, -0.2) is 72.0 Å². The zero-order chi connectivity index (χ0) is 19.7. The fraction of sp³-hybridized carbons (Fsp3) is 0.529. The second kappa shape index (κ2) is 7.62. The maximum Gasteiger partial charge on any atom is 0.189 e. The number of sulfone groups is 1. The van der Waals surface area contributed by atoms with Crippen molar-refractivity contribution < 1.29 is 8.42 Å². The Bertz CT molecular complexity index is 995. The average molecular weight is 420 g/mol. The Kier molecular flexibility index (Phi) is 5.18. The SMILES string of the molecule is CCc1c(Nc2ncc(C#N)s2)ncnc1N1CCN(C2CS(=O)(=O)C2)CC1. The molecule has 0 unspecified atom stereocenters. The minimum absolute atomic E-state index is 0.166. The molecule has 0 saturated carbocycles. The summed E-state index contributed by atoms with van der Waals surface area (Å²) in [6, 6.07) is 2.25. The summed E-state index contributed by atoms with van der Waals surface area (Å²) in [6.07, 6.45) is 3.84. The van der Waals surface area contributed by atoms with Crippen LogP contribution in [0.5, 0.6) is 0 Å². The summed E-state index contributed by atoms with van der Waals surface area (Å²) < 4.78 is 22.9. The van der Waals surface area contributed by atoms with E-state index in [4.69, 9.17) is 5.26 Å². The van der Waals surface area contributed by atoms with Crippen LogP contribution in [0.4, 0.5) is 16.8 Å². The van der Waals surface area contributed by atoms with Gasteiger partial charge in [-0.15, -0.1) is 0 Å². The minimum Gasteiger partial charge on any atom is -0.354 e. The van der Waals surface area contributed by atoms with Crippen molar-refractivity contribution in [3.63, 3.8) is 0 Å². The van der Waals surface area contributed by atoms with Crippen LogP contribution in [-0.2, 0) is 16.3 Å². The molecule has 4 heterocycles. The second-order valence-electron chi connectivity index (χ2n) is 6.90. The van der Waals surface area contributed by atoms with E-state index in [2.05, 4.69) is 43.1 Å². The van der Waals surface area contributed by atoms with Crippen LogP contribution in [0.15, 0.2) is 12.5 Å². The lowest BCUT2D eigenvalue weighted by Gasteiger charge is -2.43. The molecule has 11 heteroatoms. The summed E-state index contributed by atoms with van der Waals surface area (Å²) in [5, 5.41) is 12.8. The molecular weight excluding hydrogens is 398 g/mol. The summed E-state index contributed by atoms with van der Waals surface area (Å²) in [5.41, 5.74) is 1.01. The lowest BCUT2D eigenvalue weighted by molar-refractivity contribution is 0.201. The number of anilines is 3. The number of piperazine rings is 1. The molecule has 2 aromatic heterocycles. The predicted octanol–water partition coefficient (Wildman–Crippen LogP) is 1.03. The van der Waals surface area contributed by atoms with E-state index in [1.807, 2.05) is 0 Å². The summed E-state index contributed by atoms with van der Waals surface area (Å²) in [7, 11) is -2.80. The molecule has 4 rings (SSSR count). The minimum atomic E-state index is -2.80. The van der Waals surface area contributed by atoms with Crippen LogP contribution in [0.25, 0.3) is 0 Å². The quantitative estimate of drug-likeness (QED) is 0.758. The molecular formula is C17H21N7O2S2. The highest BCUT2D eigenvalue weighted by Gasteiger charge is 2.38. The fourth-order valence-electron chi connectivity index (χ4n) is 3.64. The van der Waals surface area contributed by atoms with Gasteiger partial charge in [0.05, 0.1) is 17.7 Å². The Labute approximate surface area is 168 Å². The topological polar surface area (TPSA) is 115 Å². The first-order valence-electron chi connectivity index (χ1n) is 9.15. The molecule has 0 atom stereocenters. The predicted molar refractivity (Wildman–Crippen MR) is 108 cm³/mol. The number of hydrogen-bond donors (Lipinski definition) is 1. The summed E-state index contributed by atoms with van der Waals surface area (Å²) >= 11 is 1.29. The molecule has 2 aromatic rings. The molecule has 0 aromatic carbocycles. The molecule has 2 aliphatic rings. The van der Waals surface area contributed by atoms with Gasteiger partial charge in [0.2, 0.25) is 0 Å². The maximum absolute atomic E-state index is 11.4. The third-order valence-corrected chi connectivity index (χ3v) is 7.74. The van der Waals surface area contributed by atoms with Crippen molar-refractivity contribution in [2.24, 2.45) is 0 Å². The van der Waals surface area contributed by atoms with Crippen molar-refractivity contribution in [1.82, 2.24) is 19.9 Å². The molecule has 148 valence electrons. The number of rotatable bonds is 5. The van der Waals surface area contributed by atoms with Crippen molar-refractivity contribution in [2.45, 2.75) is 19.4 Å². The van der Waals surface area contributed by atoms with E-state index < -0.39 is 9.84 Å². The first-order chi connectivity index (χ1) is 13.5. The molecule has 0 radical (unpaired) electrons.